The highest BCUT2D eigenvalue weighted by molar-refractivity contribution is 5.70. The minimum Gasteiger partial charge on any atom is -0.466 e. The largest absolute Gasteiger partial charge is 0.466 e. The second-order valence-electron chi connectivity index (χ2n) is 3.21. The predicted molar refractivity (Wildman–Crippen MR) is 57.9 cm³/mol. The van der Waals surface area contributed by atoms with Crippen molar-refractivity contribution >= 4 is 5.97 Å². The molecule has 1 N–H and O–H groups in total. The molecule has 0 atom stereocenters. The summed E-state index contributed by atoms with van der Waals surface area (Å²) in [7, 11) is 1.25. The standard InChI is InChI=1S/C10H10N4O4/c1-17-10(15)6-18-9-4-8(14(16)13-9)7-5-11-2-3-12-7/h2-5,16H,6H2,1H3. The van der Waals surface area contributed by atoms with Crippen LogP contribution in [0.3, 0.4) is 0 Å². The molecule has 2 rings (SSSR count). The second kappa shape index (κ2) is 5.13. The summed E-state index contributed by atoms with van der Waals surface area (Å²) in [5.41, 5.74) is 0.739. The van der Waals surface area contributed by atoms with Crippen molar-refractivity contribution in [1.29, 1.82) is 0 Å². The van der Waals surface area contributed by atoms with Gasteiger partial charge < -0.3 is 14.7 Å². The highest BCUT2D eigenvalue weighted by Gasteiger charge is 2.12. The fraction of sp³-hybridized carbons (Fsp3) is 0.200. The van der Waals surface area contributed by atoms with E-state index in [1.165, 1.54) is 31.8 Å². The lowest BCUT2D eigenvalue weighted by Gasteiger charge is -1.98. The topological polar surface area (TPSA) is 99.4 Å². The molecule has 0 saturated heterocycles. The molecule has 2 heterocycles. The van der Waals surface area contributed by atoms with Crippen LogP contribution in [0.1, 0.15) is 0 Å². The van der Waals surface area contributed by atoms with Crippen molar-refractivity contribution in [3.8, 4) is 17.3 Å². The number of nitrogens with zero attached hydrogens (tertiary/aromatic N) is 4. The van der Waals surface area contributed by atoms with E-state index in [1.54, 1.807) is 0 Å². The van der Waals surface area contributed by atoms with Gasteiger partial charge in [-0.2, -0.15) is 0 Å². The molecule has 0 bridgehead atoms. The van der Waals surface area contributed by atoms with E-state index >= 15 is 0 Å². The molecular weight excluding hydrogens is 240 g/mol. The minimum atomic E-state index is -0.538. The highest BCUT2D eigenvalue weighted by atomic mass is 16.6. The first-order valence-electron chi connectivity index (χ1n) is 4.96. The molecule has 0 aliphatic heterocycles. The molecule has 0 aliphatic carbocycles. The van der Waals surface area contributed by atoms with Crippen LogP contribution in [-0.2, 0) is 9.53 Å². The molecule has 18 heavy (non-hydrogen) atoms. The summed E-state index contributed by atoms with van der Waals surface area (Å²) in [6.07, 6.45) is 4.46. The molecule has 0 amide bonds. The Balaban J connectivity index is 2.15. The van der Waals surface area contributed by atoms with Crippen LogP contribution in [0, 0.1) is 0 Å². The smallest absolute Gasteiger partial charge is 0.343 e. The highest BCUT2D eigenvalue weighted by Crippen LogP contribution is 2.19. The fourth-order valence-corrected chi connectivity index (χ4v) is 1.22. The van der Waals surface area contributed by atoms with Gasteiger partial charge in [-0.1, -0.05) is 9.94 Å². The molecule has 0 spiro atoms. The zero-order chi connectivity index (χ0) is 13.0. The molecule has 0 unspecified atom stereocenters. The molecule has 0 aromatic carbocycles. The van der Waals surface area contributed by atoms with Gasteiger partial charge in [-0.3, -0.25) is 9.97 Å². The van der Waals surface area contributed by atoms with Gasteiger partial charge in [0.25, 0.3) is 0 Å². The van der Waals surface area contributed by atoms with Gasteiger partial charge in [0.05, 0.1) is 13.3 Å². The number of hydrogen-bond donors (Lipinski definition) is 1. The quantitative estimate of drug-likeness (QED) is 0.608. The number of rotatable bonds is 4. The maximum atomic E-state index is 10.9. The van der Waals surface area contributed by atoms with E-state index in [-0.39, 0.29) is 12.5 Å². The normalized spacial score (nSPS) is 10.1. The predicted octanol–water partition coefficient (Wildman–Crippen LogP) is 0.129. The third-order valence-electron chi connectivity index (χ3n) is 2.06. The Labute approximate surface area is 102 Å². The number of carbonyl (C=O) groups excluding carboxylic acids is 1. The summed E-state index contributed by atoms with van der Waals surface area (Å²) in [4.78, 5) is 19.4. The van der Waals surface area contributed by atoms with Gasteiger partial charge in [0.15, 0.2) is 6.61 Å². The Hall–Kier alpha value is -2.64. The third-order valence-corrected chi connectivity index (χ3v) is 2.06. The van der Waals surface area contributed by atoms with E-state index in [1.807, 2.05) is 0 Å². The molecule has 94 valence electrons. The Morgan fingerprint density at radius 3 is 3.00 bits per heavy atom. The number of methoxy groups -OCH3 is 1. The Morgan fingerprint density at radius 2 is 2.33 bits per heavy atom. The van der Waals surface area contributed by atoms with Crippen molar-refractivity contribution in [2.75, 3.05) is 13.7 Å². The zero-order valence-corrected chi connectivity index (χ0v) is 9.48. The lowest BCUT2D eigenvalue weighted by atomic mass is 10.3. The first-order valence-corrected chi connectivity index (χ1v) is 4.96. The van der Waals surface area contributed by atoms with Crippen molar-refractivity contribution in [3.63, 3.8) is 0 Å². The van der Waals surface area contributed by atoms with Crippen LogP contribution in [0.5, 0.6) is 5.88 Å². The lowest BCUT2D eigenvalue weighted by Crippen LogP contribution is -2.12. The van der Waals surface area contributed by atoms with E-state index in [4.69, 9.17) is 4.74 Å². The fourth-order valence-electron chi connectivity index (χ4n) is 1.22. The van der Waals surface area contributed by atoms with Crippen LogP contribution < -0.4 is 4.74 Å². The monoisotopic (exact) mass is 250 g/mol. The average molecular weight is 250 g/mol. The first-order chi connectivity index (χ1) is 8.70. The molecule has 0 saturated carbocycles. The van der Waals surface area contributed by atoms with Gasteiger partial charge in [0.2, 0.25) is 5.88 Å². The molecule has 2 aromatic rings. The van der Waals surface area contributed by atoms with Crippen LogP contribution in [0.4, 0.5) is 0 Å². The maximum Gasteiger partial charge on any atom is 0.343 e. The average Bonchev–Trinajstić information content (AvgIpc) is 2.78. The lowest BCUT2D eigenvalue weighted by molar-refractivity contribution is -0.143. The molecule has 0 fully saturated rings. The Bertz CT molecular complexity index is 540. The van der Waals surface area contributed by atoms with Gasteiger partial charge >= 0.3 is 5.97 Å². The summed E-state index contributed by atoms with van der Waals surface area (Å²) in [5.74, 6) is -0.452. The van der Waals surface area contributed by atoms with Crippen LogP contribution in [-0.4, -0.2) is 44.8 Å². The number of hydrogen-bond acceptors (Lipinski definition) is 7. The Morgan fingerprint density at radius 1 is 1.50 bits per heavy atom. The molecular formula is C10H10N4O4. The third kappa shape index (κ3) is 2.54. The zero-order valence-electron chi connectivity index (χ0n) is 9.48. The van der Waals surface area contributed by atoms with Crippen molar-refractivity contribution in [2.24, 2.45) is 0 Å². The summed E-state index contributed by atoms with van der Waals surface area (Å²) >= 11 is 0. The van der Waals surface area contributed by atoms with Gasteiger partial charge in [-0.15, -0.1) is 0 Å². The van der Waals surface area contributed by atoms with E-state index < -0.39 is 5.97 Å². The van der Waals surface area contributed by atoms with Gasteiger partial charge in [-0.05, 0) is 0 Å². The van der Waals surface area contributed by atoms with Gasteiger partial charge in [-0.25, -0.2) is 4.79 Å². The minimum absolute atomic E-state index is 0.0866. The molecule has 0 radical (unpaired) electrons. The first kappa shape index (κ1) is 11.8. The van der Waals surface area contributed by atoms with E-state index in [9.17, 15) is 10.0 Å². The summed E-state index contributed by atoms with van der Waals surface area (Å²) in [6.45, 7) is -0.284. The Kier molecular flexibility index (Phi) is 3.37. The van der Waals surface area contributed by atoms with Crippen LogP contribution >= 0.6 is 0 Å². The molecule has 8 heteroatoms. The summed E-state index contributed by atoms with van der Waals surface area (Å²) in [6, 6.07) is 1.44. The SMILES string of the molecule is COC(=O)COc1cc(-c2cnccn2)n(O)n1. The number of esters is 1. The molecule has 8 nitrogen and oxygen atoms in total. The van der Waals surface area contributed by atoms with Crippen molar-refractivity contribution in [2.45, 2.75) is 0 Å². The number of aromatic nitrogens is 4. The van der Waals surface area contributed by atoms with Crippen LogP contribution in [0.15, 0.2) is 24.7 Å². The van der Waals surface area contributed by atoms with Crippen LogP contribution in [0.25, 0.3) is 11.4 Å². The number of ether oxygens (including phenoxy) is 2. The van der Waals surface area contributed by atoms with Crippen molar-refractivity contribution in [1.82, 2.24) is 19.9 Å². The second-order valence-corrected chi connectivity index (χ2v) is 3.21. The maximum absolute atomic E-state index is 10.9. The van der Waals surface area contributed by atoms with Gasteiger partial charge in [0, 0.05) is 18.5 Å². The molecule has 0 aliphatic rings. The molecule has 2 aromatic heterocycles. The van der Waals surface area contributed by atoms with E-state index in [2.05, 4.69) is 19.8 Å². The van der Waals surface area contributed by atoms with E-state index in [0.717, 1.165) is 0 Å². The van der Waals surface area contributed by atoms with Crippen molar-refractivity contribution < 1.29 is 19.5 Å². The van der Waals surface area contributed by atoms with Gasteiger partial charge in [0.1, 0.15) is 11.4 Å². The summed E-state index contributed by atoms with van der Waals surface area (Å²) in [5, 5.41) is 13.2. The van der Waals surface area contributed by atoms with E-state index in [0.29, 0.717) is 16.2 Å². The number of carbonyl (C=O) groups is 1. The summed E-state index contributed by atoms with van der Waals surface area (Å²) < 4.78 is 9.44. The van der Waals surface area contributed by atoms with Crippen LogP contribution in [0.2, 0.25) is 0 Å². The van der Waals surface area contributed by atoms with Crippen molar-refractivity contribution in [3.05, 3.63) is 24.7 Å².